The molecule has 0 fully saturated rings. The van der Waals surface area contributed by atoms with Crippen LogP contribution in [0.15, 0.2) is 54.9 Å². The number of H-pyrrole nitrogens is 1. The lowest BCUT2D eigenvalue weighted by atomic mass is 10.0. The first kappa shape index (κ1) is 18.9. The van der Waals surface area contributed by atoms with Crippen LogP contribution in [0.25, 0.3) is 11.1 Å². The number of benzene rings is 2. The fraction of sp³-hybridized carbons (Fsp3) is 0.200. The summed E-state index contributed by atoms with van der Waals surface area (Å²) < 4.78 is 46.6. The van der Waals surface area contributed by atoms with E-state index in [-0.39, 0.29) is 17.5 Å². The first-order chi connectivity index (χ1) is 13.9. The molecular formula is C20H16F3N3O3. The number of alkyl halides is 3. The molecule has 0 radical (unpaired) electrons. The van der Waals surface area contributed by atoms with Crippen LogP contribution in [-0.4, -0.2) is 40.3 Å². The van der Waals surface area contributed by atoms with Gasteiger partial charge in [-0.2, -0.15) is 0 Å². The van der Waals surface area contributed by atoms with E-state index in [1.807, 2.05) is 12.1 Å². The van der Waals surface area contributed by atoms with Gasteiger partial charge in [0.15, 0.2) is 5.82 Å². The molecule has 0 spiro atoms. The van der Waals surface area contributed by atoms with Gasteiger partial charge in [0.25, 0.3) is 5.91 Å². The maximum Gasteiger partial charge on any atom is 0.573 e. The highest BCUT2D eigenvalue weighted by molar-refractivity contribution is 5.90. The Balaban J connectivity index is 1.57. The van der Waals surface area contributed by atoms with Gasteiger partial charge in [-0.25, -0.2) is 4.98 Å². The van der Waals surface area contributed by atoms with E-state index in [2.05, 4.69) is 14.7 Å². The van der Waals surface area contributed by atoms with E-state index in [4.69, 9.17) is 4.74 Å². The predicted molar refractivity (Wildman–Crippen MR) is 97.4 cm³/mol. The van der Waals surface area contributed by atoms with E-state index in [9.17, 15) is 18.0 Å². The van der Waals surface area contributed by atoms with Gasteiger partial charge < -0.3 is 19.4 Å². The predicted octanol–water partition coefficient (Wildman–Crippen LogP) is 4.01. The Morgan fingerprint density at radius 2 is 1.90 bits per heavy atom. The second-order valence-electron chi connectivity index (χ2n) is 6.41. The molecule has 0 bridgehead atoms. The Labute approximate surface area is 163 Å². The Hall–Kier alpha value is -3.49. The summed E-state index contributed by atoms with van der Waals surface area (Å²) in [6.45, 7) is 1.09. The van der Waals surface area contributed by atoms with Crippen molar-refractivity contribution in [2.24, 2.45) is 0 Å². The van der Waals surface area contributed by atoms with Gasteiger partial charge in [-0.1, -0.05) is 18.2 Å². The van der Waals surface area contributed by atoms with Gasteiger partial charge in [0.1, 0.15) is 18.1 Å². The van der Waals surface area contributed by atoms with Gasteiger partial charge in [0, 0.05) is 24.5 Å². The van der Waals surface area contributed by atoms with Crippen molar-refractivity contribution in [3.8, 4) is 22.6 Å². The number of carbonyl (C=O) groups is 1. The van der Waals surface area contributed by atoms with Crippen LogP contribution < -0.4 is 9.47 Å². The van der Waals surface area contributed by atoms with Crippen molar-refractivity contribution in [2.75, 3.05) is 13.2 Å². The zero-order valence-corrected chi connectivity index (χ0v) is 15.1. The van der Waals surface area contributed by atoms with Crippen molar-refractivity contribution in [3.63, 3.8) is 0 Å². The molecule has 2 heterocycles. The zero-order valence-electron chi connectivity index (χ0n) is 15.1. The minimum absolute atomic E-state index is 0.231. The highest BCUT2D eigenvalue weighted by Crippen LogP contribution is 2.31. The molecule has 9 heteroatoms. The Morgan fingerprint density at radius 1 is 1.14 bits per heavy atom. The van der Waals surface area contributed by atoms with Crippen LogP contribution in [0.2, 0.25) is 0 Å². The molecule has 1 aromatic heterocycles. The van der Waals surface area contributed by atoms with Crippen LogP contribution >= 0.6 is 0 Å². The normalized spacial score (nSPS) is 14.0. The first-order valence-corrected chi connectivity index (χ1v) is 8.79. The van der Waals surface area contributed by atoms with Crippen molar-refractivity contribution < 1.29 is 27.4 Å². The Bertz CT molecular complexity index is 1000. The SMILES string of the molecule is O=C(c1ncc[nH]1)N1CCOc2ccc(-c3ccc(OC(F)(F)F)cc3)cc2C1. The average Bonchev–Trinajstić information content (AvgIpc) is 3.13. The number of nitrogens with one attached hydrogen (secondary N) is 1. The molecule has 1 aliphatic rings. The smallest absolute Gasteiger partial charge is 0.491 e. The average molecular weight is 403 g/mol. The van der Waals surface area contributed by atoms with Crippen LogP contribution in [0.4, 0.5) is 13.2 Å². The summed E-state index contributed by atoms with van der Waals surface area (Å²) in [6.07, 6.45) is -1.63. The van der Waals surface area contributed by atoms with Gasteiger partial charge in [0.2, 0.25) is 0 Å². The van der Waals surface area contributed by atoms with Crippen molar-refractivity contribution in [3.05, 3.63) is 66.2 Å². The number of nitrogens with zero attached hydrogens (tertiary/aromatic N) is 2. The number of halogens is 3. The molecule has 1 amide bonds. The molecule has 0 saturated heterocycles. The third kappa shape index (κ3) is 4.34. The van der Waals surface area contributed by atoms with Crippen LogP contribution in [0.1, 0.15) is 16.2 Å². The van der Waals surface area contributed by atoms with Crippen molar-refractivity contribution >= 4 is 5.91 Å². The van der Waals surface area contributed by atoms with E-state index in [0.29, 0.717) is 25.4 Å². The van der Waals surface area contributed by atoms with Crippen LogP contribution in [0, 0.1) is 0 Å². The third-order valence-electron chi connectivity index (χ3n) is 4.45. The number of hydrogen-bond acceptors (Lipinski definition) is 4. The summed E-state index contributed by atoms with van der Waals surface area (Å²) in [6, 6.07) is 11.1. The van der Waals surface area contributed by atoms with Crippen molar-refractivity contribution in [1.29, 1.82) is 0 Å². The van der Waals surface area contributed by atoms with Gasteiger partial charge in [0.05, 0.1) is 6.54 Å². The number of fused-ring (bicyclic) bond motifs is 1. The number of aromatic amines is 1. The number of hydrogen-bond donors (Lipinski definition) is 1. The number of ether oxygens (including phenoxy) is 2. The van der Waals surface area contributed by atoms with Gasteiger partial charge in [-0.15, -0.1) is 13.2 Å². The standard InChI is InChI=1S/C20H16F3N3O3/c21-20(22,23)29-16-4-1-13(2-5-16)14-3-6-17-15(11-14)12-26(9-10-28-17)19(27)18-24-7-8-25-18/h1-8,11H,9-10,12H2,(H,24,25). The van der Waals surface area contributed by atoms with Gasteiger partial charge in [-0.3, -0.25) is 4.79 Å². The molecule has 2 aromatic carbocycles. The number of aromatic nitrogens is 2. The Kier molecular flexibility index (Phi) is 4.87. The molecule has 29 heavy (non-hydrogen) atoms. The molecule has 1 aliphatic heterocycles. The lowest BCUT2D eigenvalue weighted by Crippen LogP contribution is -2.33. The van der Waals surface area contributed by atoms with Crippen molar-refractivity contribution in [2.45, 2.75) is 12.9 Å². The fourth-order valence-electron chi connectivity index (χ4n) is 3.13. The molecule has 6 nitrogen and oxygen atoms in total. The minimum Gasteiger partial charge on any atom is -0.491 e. The van der Waals surface area contributed by atoms with E-state index >= 15 is 0 Å². The maximum absolute atomic E-state index is 12.6. The lowest BCUT2D eigenvalue weighted by molar-refractivity contribution is -0.274. The number of amides is 1. The molecule has 0 aliphatic carbocycles. The number of carbonyl (C=O) groups excluding carboxylic acids is 1. The van der Waals surface area contributed by atoms with E-state index in [1.165, 1.54) is 18.3 Å². The largest absolute Gasteiger partial charge is 0.573 e. The highest BCUT2D eigenvalue weighted by atomic mass is 19.4. The maximum atomic E-state index is 12.6. The first-order valence-electron chi connectivity index (χ1n) is 8.79. The molecule has 0 atom stereocenters. The van der Waals surface area contributed by atoms with Crippen molar-refractivity contribution in [1.82, 2.24) is 14.9 Å². The highest BCUT2D eigenvalue weighted by Gasteiger charge is 2.31. The van der Waals surface area contributed by atoms with E-state index in [0.717, 1.165) is 16.7 Å². The topological polar surface area (TPSA) is 67.5 Å². The van der Waals surface area contributed by atoms with E-state index in [1.54, 1.807) is 29.3 Å². The van der Waals surface area contributed by atoms with Crippen LogP contribution in [0.3, 0.4) is 0 Å². The molecule has 3 aromatic rings. The van der Waals surface area contributed by atoms with Gasteiger partial charge in [-0.05, 0) is 35.4 Å². The molecule has 4 rings (SSSR count). The zero-order chi connectivity index (χ0) is 20.4. The summed E-state index contributed by atoms with van der Waals surface area (Å²) >= 11 is 0. The quantitative estimate of drug-likeness (QED) is 0.718. The minimum atomic E-state index is -4.73. The molecule has 1 N–H and O–H groups in total. The number of imidazole rings is 1. The summed E-state index contributed by atoms with van der Waals surface area (Å²) in [4.78, 5) is 21.0. The second kappa shape index (κ2) is 7.50. The molecule has 150 valence electrons. The fourth-order valence-corrected chi connectivity index (χ4v) is 3.13. The summed E-state index contributed by atoms with van der Waals surface area (Å²) in [5.41, 5.74) is 2.31. The summed E-state index contributed by atoms with van der Waals surface area (Å²) in [5.74, 6) is 0.408. The van der Waals surface area contributed by atoms with Crippen LogP contribution in [0.5, 0.6) is 11.5 Å². The lowest BCUT2D eigenvalue weighted by Gasteiger charge is -2.18. The van der Waals surface area contributed by atoms with Gasteiger partial charge >= 0.3 is 6.36 Å². The Morgan fingerprint density at radius 3 is 2.59 bits per heavy atom. The molecular weight excluding hydrogens is 387 g/mol. The molecule has 0 unspecified atom stereocenters. The second-order valence-corrected chi connectivity index (χ2v) is 6.41. The molecule has 0 saturated carbocycles. The van der Waals surface area contributed by atoms with E-state index < -0.39 is 6.36 Å². The summed E-state index contributed by atoms with van der Waals surface area (Å²) in [5, 5.41) is 0. The monoisotopic (exact) mass is 403 g/mol. The summed E-state index contributed by atoms with van der Waals surface area (Å²) in [7, 11) is 0. The number of rotatable bonds is 3. The third-order valence-corrected chi connectivity index (χ3v) is 4.45. The van der Waals surface area contributed by atoms with Crippen LogP contribution in [-0.2, 0) is 6.54 Å².